The number of rotatable bonds is 3. The van der Waals surface area contributed by atoms with Crippen LogP contribution in [0.1, 0.15) is 24.1 Å². The molecule has 0 aliphatic carbocycles. The first-order valence-electron chi connectivity index (χ1n) is 7.60. The number of hydrogen-bond acceptors (Lipinski definition) is 4. The topological polar surface area (TPSA) is 35.6 Å². The number of carbonyl (C=O) groups is 1. The van der Waals surface area contributed by atoms with Crippen LogP contribution in [0.2, 0.25) is 0 Å². The summed E-state index contributed by atoms with van der Waals surface area (Å²) in [4.78, 5) is 18.3. The van der Waals surface area contributed by atoms with E-state index in [4.69, 9.17) is 0 Å². The minimum Gasteiger partial charge on any atom is -0.339 e. The maximum absolute atomic E-state index is 12.4. The molecule has 0 bridgehead atoms. The molecule has 2 aliphatic rings. The van der Waals surface area contributed by atoms with Gasteiger partial charge in [0.15, 0.2) is 0 Å². The Kier molecular flexibility index (Phi) is 4.70. The van der Waals surface area contributed by atoms with E-state index in [9.17, 15) is 4.79 Å². The minimum absolute atomic E-state index is 0.0765. The number of piperidine rings is 1. The number of piperazine rings is 1. The summed E-state index contributed by atoms with van der Waals surface area (Å²) >= 11 is 1.81. The van der Waals surface area contributed by atoms with E-state index in [1.54, 1.807) is 0 Å². The largest absolute Gasteiger partial charge is 0.339 e. The standard InChI is InChI=1S/C15H23N3OS/c19-15(14-5-1-2-6-16-14)18-9-7-17(8-10-18)12-13-4-3-11-20-13/h3-4,11,14,16H,1-2,5-10,12H2/t14-/m1/s1. The number of nitrogens with one attached hydrogen (secondary N) is 1. The molecule has 2 aliphatic heterocycles. The highest BCUT2D eigenvalue weighted by molar-refractivity contribution is 7.09. The quantitative estimate of drug-likeness (QED) is 0.918. The predicted octanol–water partition coefficient (Wildman–Crippen LogP) is 1.53. The lowest BCUT2D eigenvalue weighted by Gasteiger charge is -2.37. The Bertz CT molecular complexity index is 420. The first-order valence-corrected chi connectivity index (χ1v) is 8.48. The van der Waals surface area contributed by atoms with Gasteiger partial charge in [0.25, 0.3) is 0 Å². The van der Waals surface area contributed by atoms with Crippen LogP contribution in [0.4, 0.5) is 0 Å². The second kappa shape index (κ2) is 6.70. The van der Waals surface area contributed by atoms with Gasteiger partial charge in [-0.2, -0.15) is 0 Å². The van der Waals surface area contributed by atoms with Gasteiger partial charge in [-0.3, -0.25) is 9.69 Å². The molecular weight excluding hydrogens is 270 g/mol. The third kappa shape index (κ3) is 3.40. The SMILES string of the molecule is O=C([C@H]1CCCCN1)N1CCN(Cc2cccs2)CC1. The van der Waals surface area contributed by atoms with Crippen LogP contribution in [-0.2, 0) is 11.3 Å². The van der Waals surface area contributed by atoms with Gasteiger partial charge in [-0.15, -0.1) is 11.3 Å². The Morgan fingerprint density at radius 2 is 2.15 bits per heavy atom. The van der Waals surface area contributed by atoms with Gasteiger partial charge < -0.3 is 10.2 Å². The zero-order valence-electron chi connectivity index (χ0n) is 11.9. The Labute approximate surface area is 124 Å². The monoisotopic (exact) mass is 293 g/mol. The molecular formula is C15H23N3OS. The van der Waals surface area contributed by atoms with Crippen LogP contribution in [0.3, 0.4) is 0 Å². The van der Waals surface area contributed by atoms with Gasteiger partial charge in [-0.25, -0.2) is 0 Å². The average molecular weight is 293 g/mol. The summed E-state index contributed by atoms with van der Waals surface area (Å²) in [6, 6.07) is 4.37. The highest BCUT2D eigenvalue weighted by Crippen LogP contribution is 2.15. The minimum atomic E-state index is 0.0765. The lowest BCUT2D eigenvalue weighted by atomic mass is 10.0. The lowest BCUT2D eigenvalue weighted by molar-refractivity contribution is -0.135. The van der Waals surface area contributed by atoms with Crippen molar-refractivity contribution in [3.8, 4) is 0 Å². The molecule has 1 amide bonds. The molecule has 4 nitrogen and oxygen atoms in total. The molecule has 0 spiro atoms. The van der Waals surface area contributed by atoms with Crippen LogP contribution in [0, 0.1) is 0 Å². The van der Waals surface area contributed by atoms with E-state index in [1.165, 1.54) is 17.7 Å². The van der Waals surface area contributed by atoms with Crippen molar-refractivity contribution in [1.29, 1.82) is 0 Å². The maximum atomic E-state index is 12.4. The first kappa shape index (κ1) is 14.0. The Hall–Kier alpha value is -0.910. The molecule has 110 valence electrons. The molecule has 2 saturated heterocycles. The van der Waals surface area contributed by atoms with Crippen molar-refractivity contribution in [2.24, 2.45) is 0 Å². The highest BCUT2D eigenvalue weighted by atomic mass is 32.1. The van der Waals surface area contributed by atoms with E-state index >= 15 is 0 Å². The Morgan fingerprint density at radius 3 is 2.80 bits per heavy atom. The van der Waals surface area contributed by atoms with Crippen LogP contribution in [-0.4, -0.2) is 54.5 Å². The van der Waals surface area contributed by atoms with Crippen molar-refractivity contribution in [1.82, 2.24) is 15.1 Å². The average Bonchev–Trinajstić information content (AvgIpc) is 3.01. The fraction of sp³-hybridized carbons (Fsp3) is 0.667. The van der Waals surface area contributed by atoms with E-state index in [-0.39, 0.29) is 6.04 Å². The van der Waals surface area contributed by atoms with Crippen LogP contribution in [0.15, 0.2) is 17.5 Å². The summed E-state index contributed by atoms with van der Waals surface area (Å²) in [5, 5.41) is 5.49. The second-order valence-electron chi connectivity index (χ2n) is 5.68. The zero-order valence-corrected chi connectivity index (χ0v) is 12.7. The summed E-state index contributed by atoms with van der Waals surface area (Å²) in [7, 11) is 0. The summed E-state index contributed by atoms with van der Waals surface area (Å²) in [6.45, 7) is 5.77. The third-order valence-electron chi connectivity index (χ3n) is 4.25. The normalized spacial score (nSPS) is 24.8. The molecule has 3 rings (SSSR count). The van der Waals surface area contributed by atoms with Gasteiger partial charge in [0.05, 0.1) is 6.04 Å². The van der Waals surface area contributed by atoms with Crippen LogP contribution < -0.4 is 5.32 Å². The molecule has 1 aromatic heterocycles. The molecule has 2 fully saturated rings. The van der Waals surface area contributed by atoms with E-state index in [1.807, 2.05) is 16.2 Å². The zero-order chi connectivity index (χ0) is 13.8. The van der Waals surface area contributed by atoms with Crippen molar-refractivity contribution in [3.63, 3.8) is 0 Å². The molecule has 3 heterocycles. The number of amides is 1. The van der Waals surface area contributed by atoms with Gasteiger partial charge in [0, 0.05) is 37.6 Å². The van der Waals surface area contributed by atoms with Crippen molar-refractivity contribution in [2.45, 2.75) is 31.8 Å². The number of thiophene rings is 1. The number of hydrogen-bond donors (Lipinski definition) is 1. The molecule has 20 heavy (non-hydrogen) atoms. The molecule has 0 radical (unpaired) electrons. The van der Waals surface area contributed by atoms with Crippen molar-refractivity contribution < 1.29 is 4.79 Å². The van der Waals surface area contributed by atoms with Gasteiger partial charge in [0.1, 0.15) is 0 Å². The fourth-order valence-electron chi connectivity index (χ4n) is 3.03. The van der Waals surface area contributed by atoms with E-state index < -0.39 is 0 Å². The maximum Gasteiger partial charge on any atom is 0.239 e. The number of nitrogens with zero attached hydrogens (tertiary/aromatic N) is 2. The van der Waals surface area contributed by atoms with Crippen molar-refractivity contribution in [3.05, 3.63) is 22.4 Å². The van der Waals surface area contributed by atoms with E-state index in [0.29, 0.717) is 5.91 Å². The second-order valence-corrected chi connectivity index (χ2v) is 6.72. The summed E-state index contributed by atoms with van der Waals surface area (Å²) in [6.07, 6.45) is 3.40. The van der Waals surface area contributed by atoms with Gasteiger partial charge in [0.2, 0.25) is 5.91 Å². The summed E-state index contributed by atoms with van der Waals surface area (Å²) in [5.41, 5.74) is 0. The van der Waals surface area contributed by atoms with Crippen molar-refractivity contribution >= 4 is 17.2 Å². The molecule has 0 aromatic carbocycles. The molecule has 1 aromatic rings. The predicted molar refractivity (Wildman–Crippen MR) is 81.8 cm³/mol. The summed E-state index contributed by atoms with van der Waals surface area (Å²) < 4.78 is 0. The van der Waals surface area contributed by atoms with Gasteiger partial charge in [-0.05, 0) is 30.8 Å². The van der Waals surface area contributed by atoms with Crippen LogP contribution >= 0.6 is 11.3 Å². The molecule has 5 heteroatoms. The molecule has 1 N–H and O–H groups in total. The summed E-state index contributed by atoms with van der Waals surface area (Å²) in [5.74, 6) is 0.320. The van der Waals surface area contributed by atoms with E-state index in [2.05, 4.69) is 27.7 Å². The molecule has 1 atom stereocenters. The van der Waals surface area contributed by atoms with E-state index in [0.717, 1.165) is 45.7 Å². The van der Waals surface area contributed by atoms with Gasteiger partial charge >= 0.3 is 0 Å². The molecule has 0 saturated carbocycles. The Morgan fingerprint density at radius 1 is 1.30 bits per heavy atom. The third-order valence-corrected chi connectivity index (χ3v) is 5.11. The first-order chi connectivity index (χ1) is 9.83. The highest BCUT2D eigenvalue weighted by Gasteiger charge is 2.28. The van der Waals surface area contributed by atoms with Gasteiger partial charge in [-0.1, -0.05) is 12.5 Å². The number of carbonyl (C=O) groups excluding carboxylic acids is 1. The van der Waals surface area contributed by atoms with Crippen LogP contribution in [0.5, 0.6) is 0 Å². The van der Waals surface area contributed by atoms with Crippen molar-refractivity contribution in [2.75, 3.05) is 32.7 Å². The lowest BCUT2D eigenvalue weighted by Crippen LogP contribution is -2.54. The molecule has 0 unspecified atom stereocenters. The Balaban J connectivity index is 1.46. The van der Waals surface area contributed by atoms with Crippen LogP contribution in [0.25, 0.3) is 0 Å². The smallest absolute Gasteiger partial charge is 0.239 e. The fourth-order valence-corrected chi connectivity index (χ4v) is 3.78.